The number of nitrogens with zero attached hydrogens (tertiary/aromatic N) is 1. The van der Waals surface area contributed by atoms with E-state index in [9.17, 15) is 18.4 Å². The monoisotopic (exact) mass is 353 g/mol. The lowest BCUT2D eigenvalue weighted by atomic mass is 9.77. The quantitative estimate of drug-likeness (QED) is 0.798. The summed E-state index contributed by atoms with van der Waals surface area (Å²) in [7, 11) is 0. The third-order valence-corrected chi connectivity index (χ3v) is 5.01. The molecule has 0 radical (unpaired) electrons. The molecule has 1 atom stereocenters. The van der Waals surface area contributed by atoms with E-state index in [1.54, 1.807) is 24.3 Å². The van der Waals surface area contributed by atoms with Crippen LogP contribution in [0.1, 0.15) is 37.2 Å². The van der Waals surface area contributed by atoms with Gasteiger partial charge in [-0.3, -0.25) is 14.5 Å². The van der Waals surface area contributed by atoms with Crippen molar-refractivity contribution in [2.24, 2.45) is 0 Å². The van der Waals surface area contributed by atoms with Crippen molar-refractivity contribution < 1.29 is 18.4 Å². The Hall–Kier alpha value is -2.82. The lowest BCUT2D eigenvalue weighted by Crippen LogP contribution is -2.40. The summed E-state index contributed by atoms with van der Waals surface area (Å²) in [6.45, 7) is 0. The number of anilines is 1. The van der Waals surface area contributed by atoms with Crippen LogP contribution in [0.5, 0.6) is 0 Å². The summed E-state index contributed by atoms with van der Waals surface area (Å²) in [6, 6.07) is 11.8. The molecule has 2 aliphatic rings. The van der Waals surface area contributed by atoms with Crippen LogP contribution in [-0.2, 0) is 9.59 Å². The first-order chi connectivity index (χ1) is 12.5. The van der Waals surface area contributed by atoms with Crippen LogP contribution in [0.4, 0.5) is 14.5 Å². The average molecular weight is 353 g/mol. The van der Waals surface area contributed by atoms with Gasteiger partial charge in [-0.15, -0.1) is 0 Å². The predicted octanol–water partition coefficient (Wildman–Crippen LogP) is 4.49. The van der Waals surface area contributed by atoms with Gasteiger partial charge in [0.05, 0.1) is 5.69 Å². The highest BCUT2D eigenvalue weighted by Gasteiger charge is 2.39. The van der Waals surface area contributed by atoms with Gasteiger partial charge in [-0.25, -0.2) is 8.78 Å². The van der Waals surface area contributed by atoms with Crippen LogP contribution < -0.4 is 4.90 Å². The second-order valence-electron chi connectivity index (χ2n) is 6.65. The number of benzene rings is 2. The molecule has 26 heavy (non-hydrogen) atoms. The van der Waals surface area contributed by atoms with Crippen LogP contribution in [0, 0.1) is 11.6 Å². The van der Waals surface area contributed by atoms with Gasteiger partial charge in [0.25, 0.3) is 0 Å². The smallest absolute Gasteiger partial charge is 0.232 e. The maximum atomic E-state index is 13.7. The highest BCUT2D eigenvalue weighted by Crippen LogP contribution is 2.43. The first-order valence-corrected chi connectivity index (χ1v) is 8.65. The fraction of sp³-hybridized carbons (Fsp3) is 0.238. The average Bonchev–Trinajstić information content (AvgIpc) is 2.62. The Balaban J connectivity index is 1.85. The van der Waals surface area contributed by atoms with Gasteiger partial charge in [0.1, 0.15) is 11.6 Å². The molecular weight excluding hydrogens is 336 g/mol. The first kappa shape index (κ1) is 16.6. The molecule has 1 heterocycles. The van der Waals surface area contributed by atoms with E-state index in [0.29, 0.717) is 36.2 Å². The summed E-state index contributed by atoms with van der Waals surface area (Å²) in [5.74, 6) is -1.34. The fourth-order valence-corrected chi connectivity index (χ4v) is 3.89. The summed E-state index contributed by atoms with van der Waals surface area (Å²) >= 11 is 0. The molecule has 0 saturated heterocycles. The van der Waals surface area contributed by atoms with E-state index in [4.69, 9.17) is 0 Å². The number of rotatable bonds is 2. The topological polar surface area (TPSA) is 37.4 Å². The molecule has 1 unspecified atom stereocenters. The Labute approximate surface area is 149 Å². The van der Waals surface area contributed by atoms with Gasteiger partial charge in [0.15, 0.2) is 5.78 Å². The summed E-state index contributed by atoms with van der Waals surface area (Å²) in [5.41, 5.74) is 2.44. The second kappa shape index (κ2) is 6.48. The van der Waals surface area contributed by atoms with Crippen LogP contribution in [0.25, 0.3) is 0 Å². The Kier molecular flexibility index (Phi) is 4.15. The summed E-state index contributed by atoms with van der Waals surface area (Å²) in [5, 5.41) is 0. The molecule has 2 aromatic carbocycles. The molecule has 0 saturated carbocycles. The van der Waals surface area contributed by atoms with Crippen molar-refractivity contribution in [3.05, 3.63) is 77.0 Å². The largest absolute Gasteiger partial charge is 0.294 e. The van der Waals surface area contributed by atoms with Gasteiger partial charge >= 0.3 is 0 Å². The molecule has 132 valence electrons. The van der Waals surface area contributed by atoms with Gasteiger partial charge in [-0.1, -0.05) is 18.2 Å². The molecule has 2 aromatic rings. The SMILES string of the molecule is O=C1CCCC2=C1C(c1ccc(F)cc1)CC(=O)N2c1cccc(F)c1. The minimum absolute atomic E-state index is 0.00878. The van der Waals surface area contributed by atoms with E-state index in [0.717, 1.165) is 5.56 Å². The number of ketones is 1. The van der Waals surface area contributed by atoms with Gasteiger partial charge in [-0.05, 0) is 48.7 Å². The molecule has 0 N–H and O–H groups in total. The van der Waals surface area contributed by atoms with E-state index < -0.39 is 5.82 Å². The normalized spacial score (nSPS) is 20.4. The third-order valence-electron chi connectivity index (χ3n) is 5.01. The van der Waals surface area contributed by atoms with Crippen molar-refractivity contribution in [1.29, 1.82) is 0 Å². The molecule has 1 aliphatic heterocycles. The molecule has 0 aromatic heterocycles. The van der Waals surface area contributed by atoms with Gasteiger partial charge < -0.3 is 0 Å². The highest BCUT2D eigenvalue weighted by molar-refractivity contribution is 6.07. The van der Waals surface area contributed by atoms with Crippen molar-refractivity contribution in [2.45, 2.75) is 31.6 Å². The standard InChI is InChI=1S/C21H17F2NO2/c22-14-9-7-13(8-10-14)17-12-20(26)24(16-4-1-3-15(23)11-16)18-5-2-6-19(25)21(17)18/h1,3-4,7-11,17H,2,5-6,12H2. The summed E-state index contributed by atoms with van der Waals surface area (Å²) in [4.78, 5) is 27.1. The number of carbonyl (C=O) groups excluding carboxylic acids is 2. The third kappa shape index (κ3) is 2.83. The second-order valence-corrected chi connectivity index (χ2v) is 6.65. The maximum absolute atomic E-state index is 13.7. The number of hydrogen-bond acceptors (Lipinski definition) is 2. The van der Waals surface area contributed by atoms with Crippen LogP contribution in [0.15, 0.2) is 59.8 Å². The molecule has 0 spiro atoms. The molecule has 0 fully saturated rings. The van der Waals surface area contributed by atoms with Gasteiger partial charge in [0, 0.05) is 30.0 Å². The number of carbonyl (C=O) groups is 2. The van der Waals surface area contributed by atoms with Crippen LogP contribution in [0.2, 0.25) is 0 Å². The van der Waals surface area contributed by atoms with Crippen LogP contribution in [0.3, 0.4) is 0 Å². The van der Waals surface area contributed by atoms with E-state index in [1.165, 1.54) is 29.2 Å². The van der Waals surface area contributed by atoms with Crippen molar-refractivity contribution in [3.8, 4) is 0 Å². The minimum atomic E-state index is -0.430. The number of allylic oxidation sites excluding steroid dienone is 2. The maximum Gasteiger partial charge on any atom is 0.232 e. The Morgan fingerprint density at radius 1 is 0.923 bits per heavy atom. The zero-order valence-electron chi connectivity index (χ0n) is 14.0. The van der Waals surface area contributed by atoms with E-state index >= 15 is 0 Å². The number of halogens is 2. The molecule has 3 nitrogen and oxygen atoms in total. The van der Waals surface area contributed by atoms with E-state index in [-0.39, 0.29) is 29.8 Å². The zero-order valence-corrected chi connectivity index (χ0v) is 14.0. The summed E-state index contributed by atoms with van der Waals surface area (Å²) < 4.78 is 26.9. The molecule has 1 amide bonds. The number of Topliss-reactive ketones (excluding diaryl/α,β-unsaturated/α-hetero) is 1. The summed E-state index contributed by atoms with van der Waals surface area (Å²) in [6.07, 6.45) is 1.78. The molecule has 0 bridgehead atoms. The minimum Gasteiger partial charge on any atom is -0.294 e. The van der Waals surface area contributed by atoms with Gasteiger partial charge in [-0.2, -0.15) is 0 Å². The molecule has 1 aliphatic carbocycles. The zero-order chi connectivity index (χ0) is 18.3. The molecule has 5 heteroatoms. The van der Waals surface area contributed by atoms with Crippen molar-refractivity contribution in [1.82, 2.24) is 0 Å². The fourth-order valence-electron chi connectivity index (χ4n) is 3.89. The lowest BCUT2D eigenvalue weighted by Gasteiger charge is -2.38. The Morgan fingerprint density at radius 3 is 2.42 bits per heavy atom. The predicted molar refractivity (Wildman–Crippen MR) is 93.5 cm³/mol. The van der Waals surface area contributed by atoms with Crippen molar-refractivity contribution >= 4 is 17.4 Å². The Bertz CT molecular complexity index is 918. The van der Waals surface area contributed by atoms with Crippen molar-refractivity contribution in [3.63, 3.8) is 0 Å². The number of amides is 1. The number of hydrogen-bond donors (Lipinski definition) is 0. The lowest BCUT2D eigenvalue weighted by molar-refractivity contribution is -0.119. The molecular formula is C21H17F2NO2. The first-order valence-electron chi connectivity index (χ1n) is 8.65. The van der Waals surface area contributed by atoms with E-state index in [1.807, 2.05) is 0 Å². The van der Waals surface area contributed by atoms with Crippen molar-refractivity contribution in [2.75, 3.05) is 4.90 Å². The Morgan fingerprint density at radius 2 is 1.69 bits per heavy atom. The van der Waals surface area contributed by atoms with Gasteiger partial charge in [0.2, 0.25) is 5.91 Å². The van der Waals surface area contributed by atoms with E-state index in [2.05, 4.69) is 0 Å². The van der Waals surface area contributed by atoms with Crippen LogP contribution >= 0.6 is 0 Å². The van der Waals surface area contributed by atoms with Crippen LogP contribution in [-0.4, -0.2) is 11.7 Å². The highest BCUT2D eigenvalue weighted by atomic mass is 19.1. The molecule has 4 rings (SSSR count).